The first-order valence-electron chi connectivity index (χ1n) is 3.32. The molecular formula is C6H14N4O. The average Bonchev–Trinajstić information content (AvgIpc) is 2.02. The lowest BCUT2D eigenvalue weighted by molar-refractivity contribution is -0.121. The van der Waals surface area contributed by atoms with E-state index in [1.807, 2.05) is 0 Å². The first kappa shape index (κ1) is 9.74. The topological polar surface area (TPSA) is 79.5 Å². The molecule has 0 aliphatic carbocycles. The summed E-state index contributed by atoms with van der Waals surface area (Å²) in [6, 6.07) is -0.344. The molecule has 1 atom stereocenters. The van der Waals surface area contributed by atoms with Gasteiger partial charge in [-0.05, 0) is 6.92 Å². The van der Waals surface area contributed by atoms with Crippen LogP contribution in [0.15, 0.2) is 4.99 Å². The van der Waals surface area contributed by atoms with Crippen LogP contribution in [0.3, 0.4) is 0 Å². The monoisotopic (exact) mass is 158 g/mol. The smallest absolute Gasteiger partial charge is 0.242 e. The fourth-order valence-corrected chi connectivity index (χ4v) is 0.568. The molecule has 0 heterocycles. The van der Waals surface area contributed by atoms with Crippen LogP contribution in [0.5, 0.6) is 0 Å². The Bertz CT molecular complexity index is 166. The van der Waals surface area contributed by atoms with Crippen LogP contribution in [0.25, 0.3) is 0 Å². The van der Waals surface area contributed by atoms with Crippen molar-refractivity contribution in [2.45, 2.75) is 13.0 Å². The summed E-state index contributed by atoms with van der Waals surface area (Å²) in [7, 11) is 3.12. The average molecular weight is 158 g/mol. The number of likely N-dealkylation sites (N-methyl/N-ethyl adjacent to an activating group) is 1. The molecule has 0 saturated carbocycles. The minimum Gasteiger partial charge on any atom is -0.370 e. The predicted molar refractivity (Wildman–Crippen MR) is 44.2 cm³/mol. The summed E-state index contributed by atoms with van der Waals surface area (Å²) < 4.78 is 0. The Morgan fingerprint density at radius 2 is 2.18 bits per heavy atom. The van der Waals surface area contributed by atoms with Crippen molar-refractivity contribution in [2.75, 3.05) is 14.1 Å². The summed E-state index contributed by atoms with van der Waals surface area (Å²) in [6.45, 7) is 1.71. The Morgan fingerprint density at radius 3 is 2.55 bits per heavy atom. The summed E-state index contributed by atoms with van der Waals surface area (Å²) in [5, 5.41) is 5.18. The van der Waals surface area contributed by atoms with Crippen molar-refractivity contribution < 1.29 is 4.79 Å². The number of guanidine groups is 1. The van der Waals surface area contributed by atoms with Gasteiger partial charge in [-0.2, -0.15) is 0 Å². The van der Waals surface area contributed by atoms with Gasteiger partial charge in [0, 0.05) is 14.1 Å². The molecule has 11 heavy (non-hydrogen) atoms. The summed E-state index contributed by atoms with van der Waals surface area (Å²) in [4.78, 5) is 14.5. The van der Waals surface area contributed by atoms with E-state index in [9.17, 15) is 4.79 Å². The van der Waals surface area contributed by atoms with Crippen LogP contribution < -0.4 is 16.4 Å². The Labute approximate surface area is 66.1 Å². The molecule has 0 aromatic rings. The maximum absolute atomic E-state index is 10.9. The van der Waals surface area contributed by atoms with Crippen molar-refractivity contribution in [2.24, 2.45) is 10.7 Å². The zero-order valence-electron chi connectivity index (χ0n) is 7.01. The number of carbonyl (C=O) groups is 1. The van der Waals surface area contributed by atoms with Crippen molar-refractivity contribution in [1.29, 1.82) is 0 Å². The van der Waals surface area contributed by atoms with Crippen molar-refractivity contribution in [1.82, 2.24) is 10.6 Å². The molecule has 0 aliphatic heterocycles. The number of hydrogen-bond acceptors (Lipinski definition) is 2. The summed E-state index contributed by atoms with van der Waals surface area (Å²) in [5.41, 5.74) is 5.33. The second-order valence-corrected chi connectivity index (χ2v) is 2.09. The third kappa shape index (κ3) is 3.44. The molecule has 0 saturated heterocycles. The quantitative estimate of drug-likeness (QED) is 0.343. The van der Waals surface area contributed by atoms with Crippen LogP contribution in [0.2, 0.25) is 0 Å². The highest BCUT2D eigenvalue weighted by molar-refractivity contribution is 5.87. The molecule has 4 N–H and O–H groups in total. The fraction of sp³-hybridized carbons (Fsp3) is 0.667. The maximum atomic E-state index is 10.9. The molecule has 0 rings (SSSR count). The Hall–Kier alpha value is -1.26. The van der Waals surface area contributed by atoms with E-state index in [1.54, 1.807) is 21.0 Å². The van der Waals surface area contributed by atoms with E-state index in [0.29, 0.717) is 0 Å². The number of nitrogens with one attached hydrogen (secondary N) is 2. The van der Waals surface area contributed by atoms with E-state index in [1.165, 1.54) is 0 Å². The molecule has 64 valence electrons. The van der Waals surface area contributed by atoms with Crippen molar-refractivity contribution >= 4 is 11.9 Å². The highest BCUT2D eigenvalue weighted by Crippen LogP contribution is 1.78. The molecule has 0 aliphatic rings. The van der Waals surface area contributed by atoms with Gasteiger partial charge in [0.1, 0.15) is 6.04 Å². The van der Waals surface area contributed by atoms with E-state index >= 15 is 0 Å². The normalized spacial score (nSPS) is 13.9. The first-order valence-corrected chi connectivity index (χ1v) is 3.32. The predicted octanol–water partition coefficient (Wildman–Crippen LogP) is -1.34. The van der Waals surface area contributed by atoms with Gasteiger partial charge < -0.3 is 16.4 Å². The number of nitrogens with two attached hydrogens (primary N) is 1. The van der Waals surface area contributed by atoms with Gasteiger partial charge in [-0.1, -0.05) is 0 Å². The van der Waals surface area contributed by atoms with E-state index in [2.05, 4.69) is 15.6 Å². The van der Waals surface area contributed by atoms with Gasteiger partial charge in [0.05, 0.1) is 0 Å². The second kappa shape index (κ2) is 4.54. The maximum Gasteiger partial charge on any atom is 0.242 e. The standard InChI is InChI=1S/C6H14N4O/c1-4(5(11)8-2)10-6(7)9-3/h4H,1-3H3,(H,8,11)(H3,7,9,10). The third-order valence-electron chi connectivity index (χ3n) is 1.24. The minimum absolute atomic E-state index is 0.114. The second-order valence-electron chi connectivity index (χ2n) is 2.09. The van der Waals surface area contributed by atoms with Gasteiger partial charge >= 0.3 is 0 Å². The molecule has 0 spiro atoms. The van der Waals surface area contributed by atoms with E-state index in [0.717, 1.165) is 0 Å². The summed E-state index contributed by atoms with van der Waals surface area (Å²) >= 11 is 0. The van der Waals surface area contributed by atoms with Crippen LogP contribution in [0.1, 0.15) is 6.92 Å². The van der Waals surface area contributed by atoms with Crippen LogP contribution in [0.4, 0.5) is 0 Å². The third-order valence-corrected chi connectivity index (χ3v) is 1.24. The van der Waals surface area contributed by atoms with Crippen LogP contribution >= 0.6 is 0 Å². The Kier molecular flexibility index (Phi) is 4.02. The van der Waals surface area contributed by atoms with Crippen LogP contribution in [-0.4, -0.2) is 32.0 Å². The number of amides is 1. The number of rotatable bonds is 2. The lowest BCUT2D eigenvalue weighted by Gasteiger charge is -2.11. The number of hydrogen-bond donors (Lipinski definition) is 3. The van der Waals surface area contributed by atoms with Gasteiger partial charge in [-0.3, -0.25) is 9.79 Å². The van der Waals surface area contributed by atoms with Crippen molar-refractivity contribution in [3.8, 4) is 0 Å². The largest absolute Gasteiger partial charge is 0.370 e. The molecule has 0 aromatic heterocycles. The highest BCUT2D eigenvalue weighted by Gasteiger charge is 2.09. The van der Waals surface area contributed by atoms with Gasteiger partial charge in [-0.15, -0.1) is 0 Å². The number of carbonyl (C=O) groups excluding carboxylic acids is 1. The van der Waals surface area contributed by atoms with E-state index in [-0.39, 0.29) is 17.9 Å². The van der Waals surface area contributed by atoms with Gasteiger partial charge in [-0.25, -0.2) is 0 Å². The van der Waals surface area contributed by atoms with E-state index in [4.69, 9.17) is 5.73 Å². The van der Waals surface area contributed by atoms with Crippen molar-refractivity contribution in [3.05, 3.63) is 0 Å². The summed E-state index contributed by atoms with van der Waals surface area (Å²) in [6.07, 6.45) is 0. The van der Waals surface area contributed by atoms with Crippen LogP contribution in [0, 0.1) is 0 Å². The lowest BCUT2D eigenvalue weighted by Crippen LogP contribution is -2.46. The SMILES string of the molecule is CN=C(N)NC(C)C(=O)NC. The Morgan fingerprint density at radius 1 is 1.64 bits per heavy atom. The molecule has 1 unspecified atom stereocenters. The highest BCUT2D eigenvalue weighted by atomic mass is 16.2. The van der Waals surface area contributed by atoms with Gasteiger partial charge in [0.25, 0.3) is 0 Å². The Balaban J connectivity index is 3.87. The molecule has 0 radical (unpaired) electrons. The minimum atomic E-state index is -0.344. The number of aliphatic imine (C=N–C) groups is 1. The molecule has 0 fully saturated rings. The summed E-state index contributed by atoms with van der Waals surface area (Å²) in [5.74, 6) is 0.151. The van der Waals surface area contributed by atoms with Crippen molar-refractivity contribution in [3.63, 3.8) is 0 Å². The molecule has 0 aromatic carbocycles. The molecule has 0 bridgehead atoms. The molecule has 5 heteroatoms. The zero-order valence-corrected chi connectivity index (χ0v) is 7.01. The number of nitrogens with zero attached hydrogens (tertiary/aromatic N) is 1. The van der Waals surface area contributed by atoms with Gasteiger partial charge in [0.2, 0.25) is 5.91 Å². The lowest BCUT2D eigenvalue weighted by atomic mass is 10.3. The zero-order chi connectivity index (χ0) is 8.85. The van der Waals surface area contributed by atoms with E-state index < -0.39 is 0 Å². The van der Waals surface area contributed by atoms with Crippen LogP contribution in [-0.2, 0) is 4.79 Å². The van der Waals surface area contributed by atoms with Gasteiger partial charge in [0.15, 0.2) is 5.96 Å². The first-order chi connectivity index (χ1) is 5.11. The molecule has 1 amide bonds. The molecular weight excluding hydrogens is 144 g/mol. The molecule has 5 nitrogen and oxygen atoms in total. The fourth-order valence-electron chi connectivity index (χ4n) is 0.568.